The number of hydrogen-bond donors (Lipinski definition) is 0. The number of benzene rings is 2. The lowest BCUT2D eigenvalue weighted by Gasteiger charge is -2.15. The van der Waals surface area contributed by atoms with Crippen LogP contribution in [0.5, 0.6) is 0 Å². The first-order valence-corrected chi connectivity index (χ1v) is 9.48. The van der Waals surface area contributed by atoms with Crippen LogP contribution in [0.25, 0.3) is 0 Å². The Morgan fingerprint density at radius 1 is 0.929 bits per heavy atom. The largest absolute Gasteiger partial charge is 0.416 e. The van der Waals surface area contributed by atoms with Crippen LogP contribution in [0.1, 0.15) is 49.1 Å². The maximum atomic E-state index is 13.0. The minimum absolute atomic E-state index is 0.0383. The molecule has 3 rings (SSSR count). The van der Waals surface area contributed by atoms with E-state index < -0.39 is 17.7 Å². The Hall–Kier alpha value is -2.73. The summed E-state index contributed by atoms with van der Waals surface area (Å²) in [5.74, 6) is -1.28. The van der Waals surface area contributed by atoms with Gasteiger partial charge in [-0.05, 0) is 30.5 Å². The molecule has 1 atom stereocenters. The number of aryl methyl sites for hydroxylation is 1. The Bertz CT molecular complexity index is 957. The lowest BCUT2D eigenvalue weighted by molar-refractivity contribution is -0.137. The van der Waals surface area contributed by atoms with E-state index in [2.05, 4.69) is 0 Å². The zero-order chi connectivity index (χ0) is 20.3. The molecule has 2 aromatic carbocycles. The van der Waals surface area contributed by atoms with Crippen LogP contribution in [-0.2, 0) is 6.18 Å². The van der Waals surface area contributed by atoms with Crippen LogP contribution in [0, 0.1) is 6.92 Å². The third-order valence-corrected chi connectivity index (χ3v) is 5.45. The van der Waals surface area contributed by atoms with Crippen LogP contribution in [0.15, 0.2) is 66.0 Å². The molecule has 0 N–H and O–H groups in total. The van der Waals surface area contributed by atoms with E-state index in [4.69, 9.17) is 0 Å². The summed E-state index contributed by atoms with van der Waals surface area (Å²) in [6.45, 7) is 1.91. The van der Waals surface area contributed by atoms with Gasteiger partial charge in [-0.2, -0.15) is 13.2 Å². The van der Waals surface area contributed by atoms with Crippen molar-refractivity contribution < 1.29 is 22.8 Å². The highest BCUT2D eigenvalue weighted by atomic mass is 32.1. The molecule has 0 aliphatic carbocycles. The summed E-state index contributed by atoms with van der Waals surface area (Å²) < 4.78 is 38.3. The molecule has 3 aromatic rings. The number of carbonyl (C=O) groups is 2. The number of hydrogen-bond acceptors (Lipinski definition) is 3. The second-order valence-electron chi connectivity index (χ2n) is 6.50. The van der Waals surface area contributed by atoms with Gasteiger partial charge in [-0.3, -0.25) is 9.59 Å². The summed E-state index contributed by atoms with van der Waals surface area (Å²) in [6, 6.07) is 14.7. The first-order chi connectivity index (χ1) is 13.3. The number of alkyl halides is 3. The van der Waals surface area contributed by atoms with Gasteiger partial charge in [-0.25, -0.2) is 0 Å². The van der Waals surface area contributed by atoms with Crippen LogP contribution in [0.3, 0.4) is 0 Å². The highest BCUT2D eigenvalue weighted by molar-refractivity contribution is 7.10. The number of rotatable bonds is 6. The Morgan fingerprint density at radius 2 is 1.54 bits per heavy atom. The smallest absolute Gasteiger partial charge is 0.294 e. The molecule has 0 fully saturated rings. The fourth-order valence-corrected chi connectivity index (χ4v) is 3.71. The fraction of sp³-hybridized carbons (Fsp3) is 0.182. The first kappa shape index (κ1) is 20.0. The van der Waals surface area contributed by atoms with Gasteiger partial charge in [0.2, 0.25) is 0 Å². The summed E-state index contributed by atoms with van der Waals surface area (Å²) in [7, 11) is 0. The SMILES string of the molecule is Cc1ccc(C(=O)C[C@@H](C(=O)c2ccc(C(F)(F)F)cc2)c2cccs2)cc1. The number of halogens is 3. The Morgan fingerprint density at radius 3 is 2.07 bits per heavy atom. The zero-order valence-electron chi connectivity index (χ0n) is 15.0. The third kappa shape index (κ3) is 4.57. The summed E-state index contributed by atoms with van der Waals surface area (Å²) in [4.78, 5) is 26.4. The Kier molecular flexibility index (Phi) is 5.79. The van der Waals surface area contributed by atoms with Gasteiger partial charge in [0, 0.05) is 22.4 Å². The average molecular weight is 402 g/mol. The van der Waals surface area contributed by atoms with Crippen molar-refractivity contribution in [2.45, 2.75) is 25.4 Å². The van der Waals surface area contributed by atoms with Crippen LogP contribution >= 0.6 is 11.3 Å². The minimum Gasteiger partial charge on any atom is -0.294 e. The number of ketones is 2. The van der Waals surface area contributed by atoms with E-state index in [0.29, 0.717) is 10.4 Å². The average Bonchev–Trinajstić information content (AvgIpc) is 3.20. The van der Waals surface area contributed by atoms with Gasteiger partial charge in [0.15, 0.2) is 11.6 Å². The zero-order valence-corrected chi connectivity index (χ0v) is 15.8. The molecule has 0 aliphatic rings. The van der Waals surface area contributed by atoms with Crippen molar-refractivity contribution in [3.63, 3.8) is 0 Å². The van der Waals surface area contributed by atoms with Gasteiger partial charge < -0.3 is 0 Å². The van der Waals surface area contributed by atoms with Gasteiger partial charge in [-0.15, -0.1) is 11.3 Å². The molecule has 28 heavy (non-hydrogen) atoms. The lowest BCUT2D eigenvalue weighted by atomic mass is 9.89. The summed E-state index contributed by atoms with van der Waals surface area (Å²) in [6.07, 6.45) is -4.50. The highest BCUT2D eigenvalue weighted by Gasteiger charge is 2.31. The molecule has 1 heterocycles. The van der Waals surface area contributed by atoms with Crippen molar-refractivity contribution in [1.29, 1.82) is 0 Å². The van der Waals surface area contributed by atoms with Crippen molar-refractivity contribution in [3.05, 3.63) is 93.2 Å². The van der Waals surface area contributed by atoms with Gasteiger partial charge in [0.1, 0.15) is 0 Å². The normalized spacial score (nSPS) is 12.6. The standard InChI is InChI=1S/C22H17F3O2S/c1-14-4-6-15(7-5-14)19(26)13-18(20-3-2-12-28-20)21(27)16-8-10-17(11-9-16)22(23,24)25/h2-12,18H,13H2,1H3/t18-/m1/s1. The van der Waals surface area contributed by atoms with Crippen molar-refractivity contribution in [2.75, 3.05) is 0 Å². The molecular formula is C22H17F3O2S. The molecule has 0 amide bonds. The summed E-state index contributed by atoms with van der Waals surface area (Å²) in [5.41, 5.74) is 0.870. The number of carbonyl (C=O) groups excluding carboxylic acids is 2. The number of Topliss-reactive ketones (excluding diaryl/α,β-unsaturated/α-hetero) is 2. The molecule has 6 heteroatoms. The van der Waals surface area contributed by atoms with E-state index in [1.807, 2.05) is 19.1 Å². The molecule has 0 saturated heterocycles. The summed E-state index contributed by atoms with van der Waals surface area (Å²) >= 11 is 1.35. The molecule has 144 valence electrons. The van der Waals surface area contributed by atoms with Crippen LogP contribution < -0.4 is 0 Å². The van der Waals surface area contributed by atoms with Crippen molar-refractivity contribution in [1.82, 2.24) is 0 Å². The molecular weight excluding hydrogens is 385 g/mol. The van der Waals surface area contributed by atoms with E-state index in [-0.39, 0.29) is 23.6 Å². The molecule has 1 aromatic heterocycles. The Labute approximate surface area is 164 Å². The van der Waals surface area contributed by atoms with E-state index in [9.17, 15) is 22.8 Å². The molecule has 0 bridgehead atoms. The third-order valence-electron chi connectivity index (χ3n) is 4.46. The van der Waals surface area contributed by atoms with Gasteiger partial charge in [0.05, 0.1) is 11.5 Å². The van der Waals surface area contributed by atoms with Gasteiger partial charge in [0.25, 0.3) is 0 Å². The molecule has 0 aliphatic heterocycles. The monoisotopic (exact) mass is 402 g/mol. The van der Waals surface area contributed by atoms with Gasteiger partial charge >= 0.3 is 6.18 Å². The topological polar surface area (TPSA) is 34.1 Å². The van der Waals surface area contributed by atoms with Crippen LogP contribution in [0.4, 0.5) is 13.2 Å². The molecule has 0 unspecified atom stereocenters. The fourth-order valence-electron chi connectivity index (χ4n) is 2.88. The maximum Gasteiger partial charge on any atom is 0.416 e. The highest BCUT2D eigenvalue weighted by Crippen LogP contribution is 2.32. The quantitative estimate of drug-likeness (QED) is 0.453. The second-order valence-corrected chi connectivity index (χ2v) is 7.48. The van der Waals surface area contributed by atoms with Crippen molar-refractivity contribution >= 4 is 22.9 Å². The molecule has 0 saturated carbocycles. The Balaban J connectivity index is 1.87. The summed E-state index contributed by atoms with van der Waals surface area (Å²) in [5, 5.41) is 1.80. The van der Waals surface area contributed by atoms with Crippen LogP contribution in [0.2, 0.25) is 0 Å². The lowest BCUT2D eigenvalue weighted by Crippen LogP contribution is -2.17. The molecule has 0 spiro atoms. The van der Waals surface area contributed by atoms with Crippen molar-refractivity contribution in [2.24, 2.45) is 0 Å². The predicted molar refractivity (Wildman–Crippen MR) is 103 cm³/mol. The van der Waals surface area contributed by atoms with E-state index in [0.717, 1.165) is 17.7 Å². The molecule has 0 radical (unpaired) electrons. The predicted octanol–water partition coefficient (Wildman–Crippen LogP) is 6.31. The van der Waals surface area contributed by atoms with E-state index in [1.54, 1.807) is 29.6 Å². The van der Waals surface area contributed by atoms with Crippen molar-refractivity contribution in [3.8, 4) is 0 Å². The first-order valence-electron chi connectivity index (χ1n) is 8.60. The van der Waals surface area contributed by atoms with Crippen LogP contribution in [-0.4, -0.2) is 11.6 Å². The molecule has 2 nitrogen and oxygen atoms in total. The maximum absolute atomic E-state index is 13.0. The van der Waals surface area contributed by atoms with Gasteiger partial charge in [-0.1, -0.05) is 48.0 Å². The number of thiophene rings is 1. The minimum atomic E-state index is -4.46. The van der Waals surface area contributed by atoms with E-state index in [1.165, 1.54) is 23.5 Å². The van der Waals surface area contributed by atoms with E-state index >= 15 is 0 Å². The second kappa shape index (κ2) is 8.10.